The summed E-state index contributed by atoms with van der Waals surface area (Å²) in [6.07, 6.45) is 0.0848. The summed E-state index contributed by atoms with van der Waals surface area (Å²) in [7, 11) is 3.09. The van der Waals surface area contributed by atoms with Gasteiger partial charge >= 0.3 is 5.97 Å². The molecule has 0 saturated carbocycles. The molecular weight excluding hydrogens is 384 g/mol. The zero-order valence-corrected chi connectivity index (χ0v) is 16.2. The van der Waals surface area contributed by atoms with Gasteiger partial charge in [0.15, 0.2) is 12.4 Å². The minimum atomic E-state index is -0.508. The molecule has 1 aromatic carbocycles. The van der Waals surface area contributed by atoms with E-state index >= 15 is 0 Å². The Labute approximate surface area is 165 Å². The van der Waals surface area contributed by atoms with Gasteiger partial charge < -0.3 is 18.7 Å². The van der Waals surface area contributed by atoms with Crippen LogP contribution >= 0.6 is 11.3 Å². The first kappa shape index (κ1) is 19.6. The van der Waals surface area contributed by atoms with E-state index in [0.717, 1.165) is 0 Å². The average Bonchev–Trinajstić information content (AvgIpc) is 3.42. The third kappa shape index (κ3) is 4.74. The highest BCUT2D eigenvalue weighted by atomic mass is 32.1. The average molecular weight is 402 g/mol. The van der Waals surface area contributed by atoms with Crippen LogP contribution in [0.1, 0.15) is 28.4 Å². The summed E-state index contributed by atoms with van der Waals surface area (Å²) in [5.74, 6) is 1.01. The lowest BCUT2D eigenvalue weighted by Crippen LogP contribution is -2.07. The van der Waals surface area contributed by atoms with E-state index in [2.05, 4.69) is 10.1 Å². The Bertz CT molecular complexity index is 951. The summed E-state index contributed by atoms with van der Waals surface area (Å²) in [5, 5.41) is 5.70. The fourth-order valence-electron chi connectivity index (χ4n) is 2.40. The van der Waals surface area contributed by atoms with Crippen LogP contribution in [0.15, 0.2) is 40.2 Å². The molecule has 0 spiro atoms. The van der Waals surface area contributed by atoms with Gasteiger partial charge in [-0.3, -0.25) is 9.59 Å². The first-order valence-electron chi connectivity index (χ1n) is 8.38. The Morgan fingerprint density at radius 2 is 2.00 bits per heavy atom. The standard InChI is InChI=1S/C19H18N2O6S/c1-24-12-5-6-13(15(10-12)25-2)19-20-17(27-21-19)11-26-18(23)8-7-14(22)16-4-3-9-28-16/h3-6,9-10H,7-8,11H2,1-2H3. The van der Waals surface area contributed by atoms with E-state index in [-0.39, 0.29) is 31.1 Å². The number of carbonyl (C=O) groups excluding carboxylic acids is 2. The SMILES string of the molecule is COc1ccc(-c2noc(COC(=O)CCC(=O)c3cccs3)n2)c(OC)c1. The molecule has 0 unspecified atom stereocenters. The number of thiophene rings is 1. The number of ketones is 1. The van der Waals surface area contributed by atoms with Crippen molar-refractivity contribution in [2.24, 2.45) is 0 Å². The third-order valence-corrected chi connectivity index (χ3v) is 4.74. The van der Waals surface area contributed by atoms with Crippen LogP contribution in [0.3, 0.4) is 0 Å². The van der Waals surface area contributed by atoms with E-state index in [4.69, 9.17) is 18.7 Å². The number of benzene rings is 1. The molecule has 0 atom stereocenters. The van der Waals surface area contributed by atoms with Gasteiger partial charge in [0, 0.05) is 12.5 Å². The summed E-state index contributed by atoms with van der Waals surface area (Å²) in [6, 6.07) is 8.72. The largest absolute Gasteiger partial charge is 0.497 e. The van der Waals surface area contributed by atoms with E-state index in [0.29, 0.717) is 27.8 Å². The molecule has 2 aromatic heterocycles. The molecule has 0 fully saturated rings. The number of hydrogen-bond donors (Lipinski definition) is 0. The number of aromatic nitrogens is 2. The number of hydrogen-bond acceptors (Lipinski definition) is 9. The molecule has 3 rings (SSSR count). The molecule has 0 saturated heterocycles. The molecule has 9 heteroatoms. The van der Waals surface area contributed by atoms with Gasteiger partial charge in [-0.05, 0) is 23.6 Å². The molecule has 146 valence electrons. The summed E-state index contributed by atoms with van der Waals surface area (Å²) in [4.78, 5) is 28.6. The lowest BCUT2D eigenvalue weighted by Gasteiger charge is -2.07. The van der Waals surface area contributed by atoms with Crippen molar-refractivity contribution in [3.05, 3.63) is 46.5 Å². The van der Waals surface area contributed by atoms with Crippen LogP contribution < -0.4 is 9.47 Å². The van der Waals surface area contributed by atoms with Crippen LogP contribution in [0.5, 0.6) is 11.5 Å². The Morgan fingerprint density at radius 1 is 1.14 bits per heavy atom. The number of rotatable bonds is 9. The molecule has 0 aliphatic rings. The maximum atomic E-state index is 11.9. The molecule has 0 aliphatic heterocycles. The lowest BCUT2D eigenvalue weighted by molar-refractivity contribution is -0.145. The first-order chi connectivity index (χ1) is 13.6. The van der Waals surface area contributed by atoms with Crippen molar-refractivity contribution in [3.63, 3.8) is 0 Å². The minimum absolute atomic E-state index is 0.00989. The van der Waals surface area contributed by atoms with Gasteiger partial charge in [-0.2, -0.15) is 4.98 Å². The molecule has 0 N–H and O–H groups in total. The third-order valence-electron chi connectivity index (χ3n) is 3.83. The number of Topliss-reactive ketones (excluding diaryl/α,β-unsaturated/α-hetero) is 1. The quantitative estimate of drug-likeness (QED) is 0.396. The van der Waals surface area contributed by atoms with E-state index < -0.39 is 5.97 Å². The fraction of sp³-hybridized carbons (Fsp3) is 0.263. The lowest BCUT2D eigenvalue weighted by atomic mass is 10.2. The predicted molar refractivity (Wildman–Crippen MR) is 101 cm³/mol. The molecule has 0 amide bonds. The van der Waals surface area contributed by atoms with Gasteiger partial charge in [-0.25, -0.2) is 0 Å². The van der Waals surface area contributed by atoms with Crippen molar-refractivity contribution in [1.29, 1.82) is 0 Å². The number of esters is 1. The number of carbonyl (C=O) groups is 2. The highest BCUT2D eigenvalue weighted by Crippen LogP contribution is 2.31. The van der Waals surface area contributed by atoms with Crippen molar-refractivity contribution >= 4 is 23.1 Å². The summed E-state index contributed by atoms with van der Waals surface area (Å²) in [5.41, 5.74) is 0.617. The van der Waals surface area contributed by atoms with E-state index in [1.807, 2.05) is 5.38 Å². The fourth-order valence-corrected chi connectivity index (χ4v) is 3.09. The molecule has 0 aliphatic carbocycles. The van der Waals surface area contributed by atoms with Crippen molar-refractivity contribution in [1.82, 2.24) is 10.1 Å². The Kier molecular flexibility index (Phi) is 6.38. The van der Waals surface area contributed by atoms with Crippen molar-refractivity contribution < 1.29 is 28.3 Å². The van der Waals surface area contributed by atoms with Crippen molar-refractivity contribution in [2.45, 2.75) is 19.4 Å². The van der Waals surface area contributed by atoms with Crippen LogP contribution in [-0.4, -0.2) is 36.1 Å². The molecule has 28 heavy (non-hydrogen) atoms. The van der Waals surface area contributed by atoms with Gasteiger partial charge in [-0.1, -0.05) is 11.2 Å². The van der Waals surface area contributed by atoms with Gasteiger partial charge in [-0.15, -0.1) is 11.3 Å². The van der Waals surface area contributed by atoms with Gasteiger partial charge in [0.2, 0.25) is 5.82 Å². The van der Waals surface area contributed by atoms with Crippen molar-refractivity contribution in [2.75, 3.05) is 14.2 Å². The number of nitrogens with zero attached hydrogens (tertiary/aromatic N) is 2. The second kappa shape index (κ2) is 9.14. The van der Waals surface area contributed by atoms with Crippen molar-refractivity contribution in [3.8, 4) is 22.9 Å². The van der Waals surface area contributed by atoms with Gasteiger partial charge in [0.25, 0.3) is 5.89 Å². The smallest absolute Gasteiger partial charge is 0.306 e. The van der Waals surface area contributed by atoms with Gasteiger partial charge in [0.05, 0.1) is 31.1 Å². The summed E-state index contributed by atoms with van der Waals surface area (Å²) < 4.78 is 20.7. The number of ether oxygens (including phenoxy) is 3. The second-order valence-electron chi connectivity index (χ2n) is 5.64. The summed E-state index contributed by atoms with van der Waals surface area (Å²) >= 11 is 1.35. The van der Waals surface area contributed by atoms with E-state index in [9.17, 15) is 9.59 Å². The zero-order valence-electron chi connectivity index (χ0n) is 15.3. The zero-order chi connectivity index (χ0) is 19.9. The molecule has 8 nitrogen and oxygen atoms in total. The normalized spacial score (nSPS) is 10.5. The second-order valence-corrected chi connectivity index (χ2v) is 6.59. The monoisotopic (exact) mass is 402 g/mol. The number of methoxy groups -OCH3 is 2. The highest BCUT2D eigenvalue weighted by molar-refractivity contribution is 7.12. The van der Waals surface area contributed by atoms with Crippen LogP contribution in [0.4, 0.5) is 0 Å². The molecule has 2 heterocycles. The Hall–Kier alpha value is -3.20. The molecule has 3 aromatic rings. The molecule has 0 bridgehead atoms. The van der Waals surface area contributed by atoms with Crippen LogP contribution in [0.25, 0.3) is 11.4 Å². The highest BCUT2D eigenvalue weighted by Gasteiger charge is 2.16. The molecular formula is C19H18N2O6S. The van der Waals surface area contributed by atoms with Crippen LogP contribution in [0, 0.1) is 0 Å². The van der Waals surface area contributed by atoms with E-state index in [1.165, 1.54) is 18.4 Å². The minimum Gasteiger partial charge on any atom is -0.497 e. The maximum Gasteiger partial charge on any atom is 0.306 e. The maximum absolute atomic E-state index is 11.9. The van der Waals surface area contributed by atoms with E-state index in [1.54, 1.807) is 37.4 Å². The Morgan fingerprint density at radius 3 is 2.71 bits per heavy atom. The van der Waals surface area contributed by atoms with Gasteiger partial charge in [0.1, 0.15) is 11.5 Å². The first-order valence-corrected chi connectivity index (χ1v) is 9.26. The topological polar surface area (TPSA) is 101 Å². The molecule has 0 radical (unpaired) electrons. The Balaban J connectivity index is 1.55. The summed E-state index contributed by atoms with van der Waals surface area (Å²) in [6.45, 7) is -0.169. The van der Waals surface area contributed by atoms with Crippen LogP contribution in [-0.2, 0) is 16.1 Å². The predicted octanol–water partition coefficient (Wildman–Crippen LogP) is 3.52. The van der Waals surface area contributed by atoms with Crippen LogP contribution in [0.2, 0.25) is 0 Å².